The number of H-pyrrole nitrogens is 1. The van der Waals surface area contributed by atoms with Crippen molar-refractivity contribution in [2.75, 3.05) is 68.7 Å². The number of terminal acetylenes is 1. The number of para-hydroxylation sites is 1. The van der Waals surface area contributed by atoms with E-state index in [1.165, 1.54) is 4.90 Å². The molecule has 4 amide bonds. The topological polar surface area (TPSA) is 199 Å². The highest BCUT2D eigenvalue weighted by atomic mass is 16.3. The van der Waals surface area contributed by atoms with Crippen LogP contribution in [0.15, 0.2) is 67.0 Å². The van der Waals surface area contributed by atoms with Crippen molar-refractivity contribution in [2.24, 2.45) is 16.7 Å². The summed E-state index contributed by atoms with van der Waals surface area (Å²) in [7, 11) is 0. The van der Waals surface area contributed by atoms with E-state index in [4.69, 9.17) is 16.4 Å². The molecule has 4 atom stereocenters. The summed E-state index contributed by atoms with van der Waals surface area (Å²) in [4.78, 5) is 64.8. The lowest BCUT2D eigenvalue weighted by Crippen LogP contribution is -2.74. The largest absolute Gasteiger partial charge is 0.507 e. The van der Waals surface area contributed by atoms with Gasteiger partial charge in [0.1, 0.15) is 17.8 Å². The molecular weight excluding hydrogens is 873 g/mol. The number of hydrogen-bond acceptors (Lipinski definition) is 12. The average Bonchev–Trinajstić information content (AvgIpc) is 3.91. The Balaban J connectivity index is 0.676. The molecule has 360 valence electrons. The maximum Gasteiger partial charge on any atom is 0.318 e. The van der Waals surface area contributed by atoms with Crippen LogP contribution >= 0.6 is 0 Å². The number of carbonyl (C=O) groups excluding carboxylic acids is 3. The molecule has 4 fully saturated rings. The summed E-state index contributed by atoms with van der Waals surface area (Å²) in [5.74, 6) is 3.31. The number of likely N-dealkylation sites (tertiary alicyclic amines) is 3. The van der Waals surface area contributed by atoms with Crippen LogP contribution in [0.2, 0.25) is 0 Å². The van der Waals surface area contributed by atoms with E-state index in [1.54, 1.807) is 29.2 Å². The standard InChI is InChI=1S/C52H62N12O5/c1-6-33-11-13-34(14-12-33)23-53-47(67)42-21-37(65)27-64(42)48(68)45(51(3,4)5)57-50(69)62-30-52(31-62)28-60(29-52)26-35-15-18-61(19-16-35)36-24-54-49(55-25-36)63-20-17-40-44(32(63)2)39-22-41(58-59-46(39)56-40)38-9-7-8-10-43(38)66/h1,7-14,22,24-25,32,35,37,42,45,65-66H,15-21,23,26-31H2,2-5H3,(H,53,67)(H,56,59)(H,57,69)/t32-,37-,42+,45-/m1/s1. The fourth-order valence-electron chi connectivity index (χ4n) is 11.3. The van der Waals surface area contributed by atoms with Crippen molar-refractivity contribution in [3.05, 3.63) is 89.4 Å². The van der Waals surface area contributed by atoms with Gasteiger partial charge in [0.2, 0.25) is 17.8 Å². The van der Waals surface area contributed by atoms with E-state index in [9.17, 15) is 24.6 Å². The Morgan fingerprint density at radius 1 is 0.986 bits per heavy atom. The molecule has 69 heavy (non-hydrogen) atoms. The van der Waals surface area contributed by atoms with Crippen LogP contribution in [0.25, 0.3) is 22.3 Å². The molecule has 4 saturated heterocycles. The zero-order chi connectivity index (χ0) is 48.2. The minimum atomic E-state index is -0.886. The number of phenolic OH excluding ortho intramolecular Hbond substituents is 1. The van der Waals surface area contributed by atoms with Gasteiger partial charge in [-0.25, -0.2) is 14.8 Å². The summed E-state index contributed by atoms with van der Waals surface area (Å²) in [5.41, 5.74) is 6.38. The highest BCUT2D eigenvalue weighted by Crippen LogP contribution is 2.42. The Labute approximate surface area is 402 Å². The predicted octanol–water partition coefficient (Wildman–Crippen LogP) is 4.46. The third-order valence-electron chi connectivity index (χ3n) is 15.0. The third-order valence-corrected chi connectivity index (χ3v) is 15.0. The van der Waals surface area contributed by atoms with Crippen molar-refractivity contribution in [1.82, 2.24) is 50.5 Å². The highest BCUT2D eigenvalue weighted by molar-refractivity contribution is 5.93. The first kappa shape index (κ1) is 46.0. The number of fused-ring (bicyclic) bond motifs is 3. The van der Waals surface area contributed by atoms with Crippen molar-refractivity contribution < 1.29 is 24.6 Å². The highest BCUT2D eigenvalue weighted by Gasteiger charge is 2.54. The number of amides is 4. The first-order valence-corrected chi connectivity index (χ1v) is 24.2. The number of anilines is 2. The van der Waals surface area contributed by atoms with E-state index in [0.29, 0.717) is 36.2 Å². The van der Waals surface area contributed by atoms with Crippen LogP contribution in [-0.2, 0) is 22.6 Å². The molecule has 0 aliphatic carbocycles. The molecule has 0 saturated carbocycles. The van der Waals surface area contributed by atoms with E-state index in [2.05, 4.69) is 53.4 Å². The first-order chi connectivity index (χ1) is 33.1. The summed E-state index contributed by atoms with van der Waals surface area (Å²) >= 11 is 0. The molecule has 0 unspecified atom stereocenters. The molecular formula is C52H62N12O5. The van der Waals surface area contributed by atoms with Gasteiger partial charge in [0.25, 0.3) is 0 Å². The Hall–Kier alpha value is -6.77. The number of aromatic hydroxyl groups is 1. The molecule has 0 bridgehead atoms. The number of aliphatic hydroxyl groups is 1. The number of nitrogens with one attached hydrogen (secondary N) is 3. The molecule has 5 aliphatic rings. The molecule has 2 aromatic carbocycles. The lowest BCUT2D eigenvalue weighted by Gasteiger charge is -2.61. The predicted molar refractivity (Wildman–Crippen MR) is 262 cm³/mol. The number of nitrogens with zero attached hydrogens (tertiary/aromatic N) is 9. The van der Waals surface area contributed by atoms with Crippen molar-refractivity contribution in [3.63, 3.8) is 0 Å². The monoisotopic (exact) mass is 934 g/mol. The fourth-order valence-corrected chi connectivity index (χ4v) is 11.3. The van der Waals surface area contributed by atoms with Crippen molar-refractivity contribution in [2.45, 2.75) is 84.2 Å². The molecule has 0 radical (unpaired) electrons. The molecule has 17 nitrogen and oxygen atoms in total. The van der Waals surface area contributed by atoms with Crippen LogP contribution in [0.5, 0.6) is 5.75 Å². The number of rotatable bonds is 10. The molecule has 5 N–H and O–H groups in total. The second-order valence-corrected chi connectivity index (χ2v) is 21.0. The number of aliphatic hydroxyl groups excluding tert-OH is 1. The molecule has 5 aliphatic heterocycles. The number of hydrogen-bond donors (Lipinski definition) is 5. The third kappa shape index (κ3) is 9.15. The molecule has 17 heteroatoms. The summed E-state index contributed by atoms with van der Waals surface area (Å²) in [6.45, 7) is 15.0. The van der Waals surface area contributed by atoms with Crippen molar-refractivity contribution >= 4 is 40.5 Å². The van der Waals surface area contributed by atoms with Crippen LogP contribution in [0.1, 0.15) is 75.4 Å². The van der Waals surface area contributed by atoms with Gasteiger partial charge in [0, 0.05) is 111 Å². The van der Waals surface area contributed by atoms with E-state index < -0.39 is 23.6 Å². The lowest BCUT2D eigenvalue weighted by atomic mass is 9.72. The van der Waals surface area contributed by atoms with Gasteiger partial charge in [0.15, 0.2) is 5.65 Å². The van der Waals surface area contributed by atoms with Crippen molar-refractivity contribution in [1.29, 1.82) is 0 Å². The van der Waals surface area contributed by atoms with E-state index >= 15 is 0 Å². The molecule has 3 aromatic heterocycles. The second kappa shape index (κ2) is 18.3. The van der Waals surface area contributed by atoms with Crippen LogP contribution in [0, 0.1) is 29.1 Å². The lowest BCUT2D eigenvalue weighted by molar-refractivity contribution is -0.142. The van der Waals surface area contributed by atoms with E-state index in [0.717, 1.165) is 97.6 Å². The number of piperidine rings is 1. The number of β-amino-alcohol motifs (C(OH)–C–C–N with tert-alkyl or cyclic N) is 1. The zero-order valence-electron chi connectivity index (χ0n) is 39.9. The van der Waals surface area contributed by atoms with Crippen LogP contribution in [-0.4, -0.2) is 145 Å². The Bertz CT molecular complexity index is 2760. The number of benzene rings is 2. The number of aromatic amines is 1. The fraction of sp³-hybridized carbons (Fsp3) is 0.481. The maximum absolute atomic E-state index is 14.1. The summed E-state index contributed by atoms with van der Waals surface area (Å²) in [6, 6.07) is 14.5. The molecule has 1 spiro atoms. The zero-order valence-corrected chi connectivity index (χ0v) is 39.9. The van der Waals surface area contributed by atoms with Crippen LogP contribution in [0.3, 0.4) is 0 Å². The van der Waals surface area contributed by atoms with Gasteiger partial charge in [0.05, 0.1) is 35.9 Å². The normalized spacial score (nSPS) is 21.9. The molecule has 5 aromatic rings. The van der Waals surface area contributed by atoms with Gasteiger partial charge in [-0.15, -0.1) is 16.6 Å². The number of urea groups is 1. The van der Waals surface area contributed by atoms with E-state index in [1.807, 2.05) is 63.5 Å². The minimum Gasteiger partial charge on any atom is -0.507 e. The van der Waals surface area contributed by atoms with Gasteiger partial charge < -0.3 is 50.3 Å². The smallest absolute Gasteiger partial charge is 0.318 e. The first-order valence-electron chi connectivity index (χ1n) is 24.2. The van der Waals surface area contributed by atoms with E-state index in [-0.39, 0.29) is 54.6 Å². The second-order valence-electron chi connectivity index (χ2n) is 21.0. The minimum absolute atomic E-state index is 0.00599. The van der Waals surface area contributed by atoms with Crippen LogP contribution < -0.4 is 20.4 Å². The van der Waals surface area contributed by atoms with Gasteiger partial charge in [-0.1, -0.05) is 51.0 Å². The number of phenols is 1. The summed E-state index contributed by atoms with van der Waals surface area (Å²) in [5, 5.41) is 36.9. The quantitative estimate of drug-likeness (QED) is 0.124. The van der Waals surface area contributed by atoms with Crippen molar-refractivity contribution in [3.8, 4) is 29.4 Å². The average molecular weight is 935 g/mol. The van der Waals surface area contributed by atoms with Gasteiger partial charge in [-0.3, -0.25) is 9.59 Å². The summed E-state index contributed by atoms with van der Waals surface area (Å²) in [6.07, 6.45) is 11.6. The van der Waals surface area contributed by atoms with Gasteiger partial charge >= 0.3 is 6.03 Å². The van der Waals surface area contributed by atoms with Gasteiger partial charge in [-0.05, 0) is 67.0 Å². The Kier molecular flexibility index (Phi) is 12.2. The SMILES string of the molecule is C#Cc1ccc(CNC(=O)[C@@H]2C[C@@H](O)CN2C(=O)[C@@H](NC(=O)N2CC3(CN(CC4CCN(c5cnc(N6CCc7[nH]c8nnc(-c9ccccc9O)cc8c7[C@H]6C)nc5)CC4)C3)C2)C(C)(C)C)cc1. The molecule has 10 rings (SSSR count). The summed E-state index contributed by atoms with van der Waals surface area (Å²) < 4.78 is 0. The van der Waals surface area contributed by atoms with Crippen LogP contribution in [0.4, 0.5) is 16.4 Å². The Morgan fingerprint density at radius 2 is 1.71 bits per heavy atom. The van der Waals surface area contributed by atoms with Gasteiger partial charge in [-0.2, -0.15) is 0 Å². The Morgan fingerprint density at radius 3 is 2.41 bits per heavy atom. The number of carbonyl (C=O) groups is 3. The maximum atomic E-state index is 14.1. The molecule has 8 heterocycles. The number of aromatic nitrogens is 5.